The van der Waals surface area contributed by atoms with Crippen LogP contribution in [-0.2, 0) is 0 Å². The second kappa shape index (κ2) is 5.79. The maximum absolute atomic E-state index is 9.03. The zero-order chi connectivity index (χ0) is 13.8. The second-order valence-corrected chi connectivity index (χ2v) is 5.17. The van der Waals surface area contributed by atoms with E-state index >= 15 is 0 Å². The van der Waals surface area contributed by atoms with E-state index in [9.17, 15) is 0 Å². The first-order valence-electron chi connectivity index (χ1n) is 7.07. The molecule has 3 rings (SSSR count). The van der Waals surface area contributed by atoms with E-state index in [2.05, 4.69) is 30.3 Å². The van der Waals surface area contributed by atoms with E-state index in [1.54, 1.807) is 0 Å². The molecule has 20 heavy (non-hydrogen) atoms. The summed E-state index contributed by atoms with van der Waals surface area (Å²) in [6, 6.07) is 19.0. The van der Waals surface area contributed by atoms with Crippen LogP contribution in [0.4, 0.5) is 0 Å². The van der Waals surface area contributed by atoms with E-state index < -0.39 is 0 Å². The SMILES string of the molecule is N#CCC1CCCOc2ccc(-c3ccccc3)cc21. The third-order valence-electron chi connectivity index (χ3n) is 3.85. The first kappa shape index (κ1) is 12.7. The summed E-state index contributed by atoms with van der Waals surface area (Å²) in [5.74, 6) is 1.24. The third kappa shape index (κ3) is 2.53. The van der Waals surface area contributed by atoms with E-state index in [1.807, 2.05) is 24.3 Å². The highest BCUT2D eigenvalue weighted by molar-refractivity contribution is 5.66. The van der Waals surface area contributed by atoms with Gasteiger partial charge in [0, 0.05) is 12.3 Å². The lowest BCUT2D eigenvalue weighted by atomic mass is 9.89. The van der Waals surface area contributed by atoms with Crippen molar-refractivity contribution in [1.82, 2.24) is 0 Å². The lowest BCUT2D eigenvalue weighted by Gasteiger charge is -2.15. The third-order valence-corrected chi connectivity index (χ3v) is 3.85. The van der Waals surface area contributed by atoms with Crippen molar-refractivity contribution in [2.45, 2.75) is 25.2 Å². The Labute approximate surface area is 119 Å². The Morgan fingerprint density at radius 1 is 1.10 bits per heavy atom. The predicted molar refractivity (Wildman–Crippen MR) is 79.6 cm³/mol. The van der Waals surface area contributed by atoms with Gasteiger partial charge in [0.1, 0.15) is 5.75 Å². The molecule has 0 amide bonds. The number of nitrogens with zero attached hydrogens (tertiary/aromatic N) is 1. The van der Waals surface area contributed by atoms with Crippen molar-refractivity contribution in [3.8, 4) is 22.9 Å². The van der Waals surface area contributed by atoms with Gasteiger partial charge in [0.2, 0.25) is 0 Å². The van der Waals surface area contributed by atoms with E-state index in [0.29, 0.717) is 12.3 Å². The number of rotatable bonds is 2. The van der Waals surface area contributed by atoms with Crippen LogP contribution < -0.4 is 4.74 Å². The largest absolute Gasteiger partial charge is 0.493 e. The first-order chi connectivity index (χ1) is 9.88. The molecule has 0 fully saturated rings. The van der Waals surface area contributed by atoms with Gasteiger partial charge in [0.15, 0.2) is 0 Å². The number of fused-ring (bicyclic) bond motifs is 1. The Hall–Kier alpha value is -2.27. The summed E-state index contributed by atoms with van der Waals surface area (Å²) in [6.45, 7) is 0.750. The van der Waals surface area contributed by atoms with Crippen LogP contribution in [-0.4, -0.2) is 6.61 Å². The molecule has 1 unspecified atom stereocenters. The highest BCUT2D eigenvalue weighted by atomic mass is 16.5. The summed E-state index contributed by atoms with van der Waals surface area (Å²) in [5.41, 5.74) is 3.58. The van der Waals surface area contributed by atoms with Crippen LogP contribution in [0.2, 0.25) is 0 Å². The van der Waals surface area contributed by atoms with Crippen LogP contribution in [0.1, 0.15) is 30.7 Å². The standard InChI is InChI=1S/C18H17NO/c19-11-10-15-7-4-12-20-18-9-8-16(13-17(15)18)14-5-2-1-3-6-14/h1-3,5-6,8-9,13,15H,4,7,10,12H2. The summed E-state index contributed by atoms with van der Waals surface area (Å²) in [7, 11) is 0. The summed E-state index contributed by atoms with van der Waals surface area (Å²) < 4.78 is 5.81. The van der Waals surface area contributed by atoms with E-state index in [0.717, 1.165) is 25.2 Å². The fraction of sp³-hybridized carbons (Fsp3) is 0.278. The molecule has 0 spiro atoms. The molecule has 1 atom stereocenters. The molecule has 1 aliphatic rings. The van der Waals surface area contributed by atoms with Crippen LogP contribution in [0.15, 0.2) is 48.5 Å². The van der Waals surface area contributed by atoms with Crippen LogP contribution in [0.5, 0.6) is 5.75 Å². The highest BCUT2D eigenvalue weighted by Crippen LogP contribution is 2.37. The van der Waals surface area contributed by atoms with E-state index in [4.69, 9.17) is 10.00 Å². The summed E-state index contributed by atoms with van der Waals surface area (Å²) in [6.07, 6.45) is 2.61. The molecule has 1 aliphatic heterocycles. The zero-order valence-corrected chi connectivity index (χ0v) is 11.4. The zero-order valence-electron chi connectivity index (χ0n) is 11.4. The molecule has 2 aromatic rings. The molecule has 1 heterocycles. The molecule has 0 bridgehead atoms. The maximum Gasteiger partial charge on any atom is 0.122 e. The van der Waals surface area contributed by atoms with Gasteiger partial charge in [-0.15, -0.1) is 0 Å². The van der Waals surface area contributed by atoms with E-state index in [1.165, 1.54) is 16.7 Å². The minimum absolute atomic E-state index is 0.293. The van der Waals surface area contributed by atoms with Gasteiger partial charge in [-0.05, 0) is 41.7 Å². The van der Waals surface area contributed by atoms with Crippen molar-refractivity contribution in [2.75, 3.05) is 6.61 Å². The number of hydrogen-bond acceptors (Lipinski definition) is 2. The fourth-order valence-corrected chi connectivity index (χ4v) is 2.80. The Kier molecular flexibility index (Phi) is 3.69. The first-order valence-corrected chi connectivity index (χ1v) is 7.07. The second-order valence-electron chi connectivity index (χ2n) is 5.17. The van der Waals surface area contributed by atoms with Gasteiger partial charge in [0.05, 0.1) is 12.7 Å². The Morgan fingerprint density at radius 3 is 2.75 bits per heavy atom. The fourth-order valence-electron chi connectivity index (χ4n) is 2.80. The minimum Gasteiger partial charge on any atom is -0.493 e. The van der Waals surface area contributed by atoms with Crippen LogP contribution in [0.25, 0.3) is 11.1 Å². The van der Waals surface area contributed by atoms with Crippen molar-refractivity contribution in [1.29, 1.82) is 5.26 Å². The van der Waals surface area contributed by atoms with Crippen molar-refractivity contribution < 1.29 is 4.74 Å². The smallest absolute Gasteiger partial charge is 0.122 e. The van der Waals surface area contributed by atoms with Gasteiger partial charge in [-0.2, -0.15) is 5.26 Å². The van der Waals surface area contributed by atoms with Gasteiger partial charge in [-0.3, -0.25) is 0 Å². The lowest BCUT2D eigenvalue weighted by molar-refractivity contribution is 0.316. The number of nitriles is 1. The normalized spacial score (nSPS) is 17.4. The maximum atomic E-state index is 9.03. The summed E-state index contributed by atoms with van der Waals surface area (Å²) in [4.78, 5) is 0. The quantitative estimate of drug-likeness (QED) is 0.797. The molecule has 2 heteroatoms. The van der Waals surface area contributed by atoms with Crippen molar-refractivity contribution in [2.24, 2.45) is 0 Å². The minimum atomic E-state index is 0.293. The molecule has 2 nitrogen and oxygen atoms in total. The van der Waals surface area contributed by atoms with Crippen LogP contribution in [0, 0.1) is 11.3 Å². The molecule has 0 saturated carbocycles. The molecular formula is C18H17NO. The van der Waals surface area contributed by atoms with Crippen molar-refractivity contribution >= 4 is 0 Å². The Balaban J connectivity index is 2.03. The number of ether oxygens (including phenoxy) is 1. The van der Waals surface area contributed by atoms with Gasteiger partial charge in [-0.25, -0.2) is 0 Å². The monoisotopic (exact) mass is 263 g/mol. The number of hydrogen-bond donors (Lipinski definition) is 0. The van der Waals surface area contributed by atoms with Gasteiger partial charge < -0.3 is 4.74 Å². The predicted octanol–water partition coefficient (Wildman–Crippen LogP) is 4.52. The van der Waals surface area contributed by atoms with Gasteiger partial charge >= 0.3 is 0 Å². The van der Waals surface area contributed by atoms with Gasteiger partial charge in [-0.1, -0.05) is 36.4 Å². The molecule has 0 saturated heterocycles. The molecule has 2 aromatic carbocycles. The van der Waals surface area contributed by atoms with Crippen molar-refractivity contribution in [3.05, 3.63) is 54.1 Å². The molecule has 0 aromatic heterocycles. The van der Waals surface area contributed by atoms with E-state index in [-0.39, 0.29) is 0 Å². The molecule has 0 radical (unpaired) electrons. The van der Waals surface area contributed by atoms with Crippen molar-refractivity contribution in [3.63, 3.8) is 0 Å². The molecule has 0 N–H and O–H groups in total. The van der Waals surface area contributed by atoms with Gasteiger partial charge in [0.25, 0.3) is 0 Å². The topological polar surface area (TPSA) is 33.0 Å². The molecule has 0 aliphatic carbocycles. The average molecular weight is 263 g/mol. The molecule has 100 valence electrons. The van der Waals surface area contributed by atoms with Crippen LogP contribution in [0.3, 0.4) is 0 Å². The summed E-state index contributed by atoms with van der Waals surface area (Å²) >= 11 is 0. The Bertz CT molecular complexity index is 628. The lowest BCUT2D eigenvalue weighted by Crippen LogP contribution is -1.97. The molecular weight excluding hydrogens is 246 g/mol. The highest BCUT2D eigenvalue weighted by Gasteiger charge is 2.20. The number of benzene rings is 2. The average Bonchev–Trinajstić information content (AvgIpc) is 2.71. The Morgan fingerprint density at radius 2 is 1.95 bits per heavy atom. The van der Waals surface area contributed by atoms with Crippen LogP contribution >= 0.6 is 0 Å². The summed E-state index contributed by atoms with van der Waals surface area (Å²) in [5, 5.41) is 9.03.